The maximum absolute atomic E-state index is 4.69. The van der Waals surface area contributed by atoms with Crippen molar-refractivity contribution in [3.05, 3.63) is 46.7 Å². The van der Waals surface area contributed by atoms with E-state index in [0.717, 1.165) is 52.1 Å². The Morgan fingerprint density at radius 2 is 2.14 bits per heavy atom. The standard InChI is InChI=1S/C16H17BrN4/c1-2-7-18-9-12-10-19-16(20-12)15-13(17)8-11-5-3-4-6-14(11)21-15/h3-6,8,10,18H,2,7,9H2,1H3,(H,19,20). The van der Waals surface area contributed by atoms with Gasteiger partial charge in [0.1, 0.15) is 5.69 Å². The minimum Gasteiger partial charge on any atom is -0.339 e. The molecule has 0 atom stereocenters. The quantitative estimate of drug-likeness (QED) is 0.690. The molecule has 21 heavy (non-hydrogen) atoms. The van der Waals surface area contributed by atoms with Crippen LogP contribution in [-0.4, -0.2) is 21.5 Å². The Kier molecular flexibility index (Phi) is 4.31. The number of aromatic nitrogens is 3. The number of aromatic amines is 1. The molecule has 0 aliphatic rings. The number of halogens is 1. The van der Waals surface area contributed by atoms with Crippen molar-refractivity contribution in [3.8, 4) is 11.5 Å². The van der Waals surface area contributed by atoms with Crippen LogP contribution in [0, 0.1) is 0 Å². The first-order valence-electron chi connectivity index (χ1n) is 7.08. The van der Waals surface area contributed by atoms with Gasteiger partial charge in [0.15, 0.2) is 5.82 Å². The van der Waals surface area contributed by atoms with Crippen molar-refractivity contribution >= 4 is 26.8 Å². The first-order valence-corrected chi connectivity index (χ1v) is 7.87. The van der Waals surface area contributed by atoms with Crippen LogP contribution in [0.2, 0.25) is 0 Å². The van der Waals surface area contributed by atoms with E-state index >= 15 is 0 Å². The summed E-state index contributed by atoms with van der Waals surface area (Å²) in [6, 6.07) is 10.2. The lowest BCUT2D eigenvalue weighted by molar-refractivity contribution is 0.666. The summed E-state index contributed by atoms with van der Waals surface area (Å²) in [4.78, 5) is 12.5. The Bertz CT molecular complexity index is 751. The van der Waals surface area contributed by atoms with Gasteiger partial charge >= 0.3 is 0 Å². The average molecular weight is 345 g/mol. The van der Waals surface area contributed by atoms with E-state index in [1.165, 1.54) is 0 Å². The maximum Gasteiger partial charge on any atom is 0.157 e. The number of para-hydroxylation sites is 1. The van der Waals surface area contributed by atoms with Crippen molar-refractivity contribution in [2.75, 3.05) is 6.54 Å². The van der Waals surface area contributed by atoms with Crippen molar-refractivity contribution < 1.29 is 0 Å². The molecule has 0 fully saturated rings. The Morgan fingerprint density at radius 3 is 3.00 bits per heavy atom. The topological polar surface area (TPSA) is 53.6 Å². The van der Waals surface area contributed by atoms with Gasteiger partial charge in [0.2, 0.25) is 0 Å². The van der Waals surface area contributed by atoms with Crippen molar-refractivity contribution in [2.45, 2.75) is 19.9 Å². The van der Waals surface area contributed by atoms with Crippen LogP contribution in [0.25, 0.3) is 22.4 Å². The van der Waals surface area contributed by atoms with Gasteiger partial charge < -0.3 is 10.3 Å². The SMILES string of the molecule is CCCNCc1cnc(-c2nc3ccccc3cc2Br)[nH]1. The van der Waals surface area contributed by atoms with E-state index in [4.69, 9.17) is 4.98 Å². The number of imidazole rings is 1. The average Bonchev–Trinajstić information content (AvgIpc) is 2.95. The van der Waals surface area contributed by atoms with Gasteiger partial charge in [0.25, 0.3) is 0 Å². The van der Waals surface area contributed by atoms with E-state index in [9.17, 15) is 0 Å². The molecule has 108 valence electrons. The highest BCUT2D eigenvalue weighted by Crippen LogP contribution is 2.27. The minimum absolute atomic E-state index is 0.793. The first-order chi connectivity index (χ1) is 10.3. The molecule has 0 aliphatic heterocycles. The second-order valence-corrected chi connectivity index (χ2v) is 5.80. The zero-order valence-corrected chi connectivity index (χ0v) is 13.4. The molecule has 0 saturated carbocycles. The van der Waals surface area contributed by atoms with Crippen molar-refractivity contribution in [1.82, 2.24) is 20.3 Å². The zero-order chi connectivity index (χ0) is 14.7. The molecular formula is C16H17BrN4. The number of hydrogen-bond acceptors (Lipinski definition) is 3. The molecule has 1 aromatic carbocycles. The van der Waals surface area contributed by atoms with Gasteiger partial charge in [-0.3, -0.25) is 0 Å². The number of H-pyrrole nitrogens is 1. The molecule has 0 bridgehead atoms. The van der Waals surface area contributed by atoms with Gasteiger partial charge in [0.05, 0.1) is 11.7 Å². The molecule has 3 aromatic rings. The molecule has 3 rings (SSSR count). The smallest absolute Gasteiger partial charge is 0.157 e. The fourth-order valence-corrected chi connectivity index (χ4v) is 2.75. The second-order valence-electron chi connectivity index (χ2n) is 4.95. The lowest BCUT2D eigenvalue weighted by atomic mass is 10.2. The van der Waals surface area contributed by atoms with Crippen LogP contribution in [0.5, 0.6) is 0 Å². The van der Waals surface area contributed by atoms with Crippen molar-refractivity contribution in [3.63, 3.8) is 0 Å². The summed E-state index contributed by atoms with van der Waals surface area (Å²) >= 11 is 3.59. The van der Waals surface area contributed by atoms with Crippen LogP contribution in [0.3, 0.4) is 0 Å². The van der Waals surface area contributed by atoms with Gasteiger partial charge in [-0.15, -0.1) is 0 Å². The molecule has 0 radical (unpaired) electrons. The number of benzene rings is 1. The van der Waals surface area contributed by atoms with Gasteiger partial charge in [-0.2, -0.15) is 0 Å². The highest BCUT2D eigenvalue weighted by Gasteiger charge is 2.10. The van der Waals surface area contributed by atoms with Gasteiger partial charge in [-0.05, 0) is 41.0 Å². The number of pyridine rings is 1. The Labute approximate surface area is 132 Å². The van der Waals surface area contributed by atoms with Crippen LogP contribution in [-0.2, 0) is 6.54 Å². The summed E-state index contributed by atoms with van der Waals surface area (Å²) < 4.78 is 0.948. The number of nitrogens with one attached hydrogen (secondary N) is 2. The molecule has 0 aliphatic carbocycles. The Balaban J connectivity index is 1.91. The fraction of sp³-hybridized carbons (Fsp3) is 0.250. The molecule has 2 N–H and O–H groups in total. The largest absolute Gasteiger partial charge is 0.339 e. The molecule has 0 saturated heterocycles. The highest BCUT2D eigenvalue weighted by atomic mass is 79.9. The van der Waals surface area contributed by atoms with Gasteiger partial charge in [-0.25, -0.2) is 9.97 Å². The van der Waals surface area contributed by atoms with E-state index in [1.807, 2.05) is 24.4 Å². The molecule has 4 nitrogen and oxygen atoms in total. The third kappa shape index (κ3) is 3.14. The molecule has 0 unspecified atom stereocenters. The van der Waals surface area contributed by atoms with E-state index in [-0.39, 0.29) is 0 Å². The minimum atomic E-state index is 0.793. The first kappa shape index (κ1) is 14.2. The van der Waals surface area contributed by atoms with Crippen LogP contribution < -0.4 is 5.32 Å². The van der Waals surface area contributed by atoms with Gasteiger partial charge in [0, 0.05) is 22.1 Å². The maximum atomic E-state index is 4.69. The van der Waals surface area contributed by atoms with Gasteiger partial charge in [-0.1, -0.05) is 25.1 Å². The molecule has 5 heteroatoms. The zero-order valence-electron chi connectivity index (χ0n) is 11.9. The number of nitrogens with zero attached hydrogens (tertiary/aromatic N) is 2. The van der Waals surface area contributed by atoms with E-state index < -0.39 is 0 Å². The predicted molar refractivity (Wildman–Crippen MR) is 89.0 cm³/mol. The van der Waals surface area contributed by atoms with Crippen LogP contribution in [0.1, 0.15) is 19.0 Å². The summed E-state index contributed by atoms with van der Waals surface area (Å²) in [7, 11) is 0. The Morgan fingerprint density at radius 1 is 1.29 bits per heavy atom. The fourth-order valence-electron chi connectivity index (χ4n) is 2.23. The van der Waals surface area contributed by atoms with E-state index in [1.54, 1.807) is 0 Å². The lowest BCUT2D eigenvalue weighted by Crippen LogP contribution is -2.13. The molecule has 2 heterocycles. The molecule has 0 amide bonds. The van der Waals surface area contributed by atoms with Crippen LogP contribution in [0.4, 0.5) is 0 Å². The number of fused-ring (bicyclic) bond motifs is 1. The van der Waals surface area contributed by atoms with E-state index in [0.29, 0.717) is 0 Å². The summed E-state index contributed by atoms with van der Waals surface area (Å²) in [5, 5.41) is 4.47. The highest BCUT2D eigenvalue weighted by molar-refractivity contribution is 9.10. The second kappa shape index (κ2) is 6.37. The number of hydrogen-bond donors (Lipinski definition) is 2. The summed E-state index contributed by atoms with van der Waals surface area (Å²) in [5.74, 6) is 0.793. The van der Waals surface area contributed by atoms with E-state index in [2.05, 4.69) is 50.3 Å². The molecule has 2 aromatic heterocycles. The summed E-state index contributed by atoms with van der Waals surface area (Å²) in [5.41, 5.74) is 2.88. The van der Waals surface area contributed by atoms with Crippen LogP contribution in [0.15, 0.2) is 41.0 Å². The van der Waals surface area contributed by atoms with Crippen LogP contribution >= 0.6 is 15.9 Å². The Hall–Kier alpha value is -1.72. The summed E-state index contributed by atoms with van der Waals surface area (Å²) in [6.45, 7) is 3.96. The molecular weight excluding hydrogens is 328 g/mol. The summed E-state index contributed by atoms with van der Waals surface area (Å²) in [6.07, 6.45) is 2.99. The van der Waals surface area contributed by atoms with Crippen molar-refractivity contribution in [2.24, 2.45) is 0 Å². The predicted octanol–water partition coefficient (Wildman–Crippen LogP) is 3.89. The third-order valence-corrected chi connectivity index (χ3v) is 3.88. The number of rotatable bonds is 5. The normalized spacial score (nSPS) is 11.1. The third-order valence-electron chi connectivity index (χ3n) is 3.27. The molecule has 0 spiro atoms. The van der Waals surface area contributed by atoms with Crippen molar-refractivity contribution in [1.29, 1.82) is 0 Å². The monoisotopic (exact) mass is 344 g/mol. The lowest BCUT2D eigenvalue weighted by Gasteiger charge is -2.04.